The lowest BCUT2D eigenvalue weighted by molar-refractivity contribution is -0.111. The van der Waals surface area contributed by atoms with Crippen LogP contribution in [0.15, 0.2) is 83.0 Å². The third-order valence-corrected chi connectivity index (χ3v) is 6.15. The minimum absolute atomic E-state index is 0.115. The number of hydrogen-bond acceptors (Lipinski definition) is 5. The van der Waals surface area contributed by atoms with Crippen LogP contribution in [0.3, 0.4) is 0 Å². The van der Waals surface area contributed by atoms with Crippen molar-refractivity contribution >= 4 is 45.9 Å². The molecule has 2 aromatic carbocycles. The van der Waals surface area contributed by atoms with Crippen molar-refractivity contribution in [2.45, 2.75) is 0 Å². The molecule has 0 aliphatic carbocycles. The molecule has 0 atom stereocenters. The van der Waals surface area contributed by atoms with Crippen molar-refractivity contribution < 1.29 is 4.79 Å². The molecule has 0 unspecified atom stereocenters. The van der Waals surface area contributed by atoms with Gasteiger partial charge in [0.1, 0.15) is 10.7 Å². The Labute approximate surface area is 180 Å². The van der Waals surface area contributed by atoms with E-state index in [1.807, 2.05) is 47.8 Å². The van der Waals surface area contributed by atoms with Gasteiger partial charge in [-0.2, -0.15) is 5.26 Å². The molecule has 0 spiro atoms. The van der Waals surface area contributed by atoms with Crippen LogP contribution in [0.25, 0.3) is 17.3 Å². The number of nitrogens with zero attached hydrogens (tertiary/aromatic N) is 2. The second-order valence-corrected chi connectivity index (χ2v) is 8.22. The molecule has 4 aromatic rings. The fourth-order valence-electron chi connectivity index (χ4n) is 2.87. The minimum atomic E-state index is -0.558. The predicted molar refractivity (Wildman–Crippen MR) is 121 cm³/mol. The fourth-order valence-corrected chi connectivity index (χ4v) is 4.70. The maximum atomic E-state index is 13.2. The highest BCUT2D eigenvalue weighted by Crippen LogP contribution is 2.10. The Morgan fingerprint density at radius 2 is 1.70 bits per heavy atom. The number of nitriles is 1. The molecule has 30 heavy (non-hydrogen) atoms. The van der Waals surface area contributed by atoms with Crippen molar-refractivity contribution in [3.8, 4) is 11.8 Å². The van der Waals surface area contributed by atoms with Gasteiger partial charge in [0.2, 0.25) is 0 Å². The first-order chi connectivity index (χ1) is 14.7. The third-order valence-electron chi connectivity index (χ3n) is 4.24. The molecule has 0 saturated heterocycles. The highest BCUT2D eigenvalue weighted by atomic mass is 32.1. The van der Waals surface area contributed by atoms with Crippen molar-refractivity contribution in [3.63, 3.8) is 0 Å². The second-order valence-electron chi connectivity index (χ2n) is 6.21. The molecule has 0 aliphatic rings. The van der Waals surface area contributed by atoms with Crippen LogP contribution in [-0.4, -0.2) is 10.5 Å². The number of nitrogens with one attached hydrogen (secondary N) is 1. The summed E-state index contributed by atoms with van der Waals surface area (Å²) in [6.07, 6.45) is 1.78. The summed E-state index contributed by atoms with van der Waals surface area (Å²) in [5.74, 6) is -0.558. The van der Waals surface area contributed by atoms with Gasteiger partial charge in [-0.1, -0.05) is 42.5 Å². The fraction of sp³-hybridized carbons (Fsp3) is 0. The van der Waals surface area contributed by atoms with E-state index < -0.39 is 5.91 Å². The second kappa shape index (κ2) is 8.74. The quantitative estimate of drug-likeness (QED) is 0.542. The molecule has 2 heterocycles. The first-order valence-corrected chi connectivity index (χ1v) is 10.7. The third kappa shape index (κ3) is 4.01. The maximum absolute atomic E-state index is 13.2. The number of para-hydroxylation sites is 2. The van der Waals surface area contributed by atoms with Crippen LogP contribution in [-0.2, 0) is 4.79 Å². The smallest absolute Gasteiger partial charge is 0.273 e. The van der Waals surface area contributed by atoms with Crippen LogP contribution >= 0.6 is 22.7 Å². The van der Waals surface area contributed by atoms with Crippen LogP contribution in [0, 0.1) is 11.3 Å². The largest absolute Gasteiger partial charge is 0.321 e. The highest BCUT2D eigenvalue weighted by molar-refractivity contribution is 7.11. The molecule has 0 saturated carbocycles. The molecule has 1 N–H and O–H groups in total. The van der Waals surface area contributed by atoms with Crippen LogP contribution in [0.4, 0.5) is 5.69 Å². The Morgan fingerprint density at radius 1 is 1.00 bits per heavy atom. The molecule has 0 aliphatic heterocycles. The molecular formula is C23H15N3O2S2. The SMILES string of the molecule is N#C/C(C(=O)Nc1ccccc1)=c1\s/c(=C/c2cccs2)c(=O)n1-c1ccccc1. The van der Waals surface area contributed by atoms with Crippen LogP contribution in [0.5, 0.6) is 0 Å². The predicted octanol–water partition coefficient (Wildman–Crippen LogP) is 3.10. The van der Waals surface area contributed by atoms with Crippen molar-refractivity contribution in [2.75, 3.05) is 5.32 Å². The number of carbonyl (C=O) groups is 1. The monoisotopic (exact) mass is 429 g/mol. The van der Waals surface area contributed by atoms with Gasteiger partial charge in [0.05, 0.1) is 10.2 Å². The maximum Gasteiger partial charge on any atom is 0.273 e. The lowest BCUT2D eigenvalue weighted by Gasteiger charge is -2.05. The average Bonchev–Trinajstić information content (AvgIpc) is 3.39. The van der Waals surface area contributed by atoms with E-state index in [9.17, 15) is 14.9 Å². The number of rotatable bonds is 4. The Hall–Kier alpha value is -3.73. The number of hydrogen-bond donors (Lipinski definition) is 1. The molecule has 7 heteroatoms. The first kappa shape index (κ1) is 19.6. The van der Waals surface area contributed by atoms with Crippen LogP contribution in [0.2, 0.25) is 0 Å². The standard InChI is InChI=1S/C23H15N3O2S2/c24-15-19(21(27)25-16-8-3-1-4-9-16)23-26(17-10-5-2-6-11-17)22(28)20(30-23)14-18-12-7-13-29-18/h1-14H,(H,25,27)/b20-14+,23-19+. The van der Waals surface area contributed by atoms with E-state index in [-0.39, 0.29) is 11.1 Å². The van der Waals surface area contributed by atoms with Crippen LogP contribution < -0.4 is 20.1 Å². The van der Waals surface area contributed by atoms with E-state index in [4.69, 9.17) is 0 Å². The molecule has 0 radical (unpaired) electrons. The number of aromatic nitrogens is 1. The Balaban J connectivity index is 1.96. The Kier molecular flexibility index (Phi) is 5.70. The number of amides is 1. The highest BCUT2D eigenvalue weighted by Gasteiger charge is 2.17. The zero-order valence-electron chi connectivity index (χ0n) is 15.6. The van der Waals surface area contributed by atoms with Gasteiger partial charge in [0.15, 0.2) is 5.57 Å². The average molecular weight is 430 g/mol. The minimum Gasteiger partial charge on any atom is -0.321 e. The van der Waals surface area contributed by atoms with Gasteiger partial charge in [-0.15, -0.1) is 22.7 Å². The van der Waals surface area contributed by atoms with Crippen molar-refractivity contribution in [1.29, 1.82) is 5.26 Å². The zero-order chi connectivity index (χ0) is 20.9. The molecule has 0 fully saturated rings. The van der Waals surface area contributed by atoms with E-state index in [0.717, 1.165) is 16.2 Å². The Bertz CT molecular complexity index is 1400. The van der Waals surface area contributed by atoms with E-state index in [0.29, 0.717) is 20.6 Å². The number of thiazole rings is 1. The molecule has 5 nitrogen and oxygen atoms in total. The summed E-state index contributed by atoms with van der Waals surface area (Å²) in [4.78, 5) is 27.0. The summed E-state index contributed by atoms with van der Waals surface area (Å²) in [6.45, 7) is 0. The zero-order valence-corrected chi connectivity index (χ0v) is 17.2. The number of thiophene rings is 1. The summed E-state index contributed by atoms with van der Waals surface area (Å²) in [5, 5.41) is 14.4. The Morgan fingerprint density at radius 3 is 2.33 bits per heavy atom. The summed E-state index contributed by atoms with van der Waals surface area (Å²) < 4.78 is 2.18. The van der Waals surface area contributed by atoms with Crippen LogP contribution in [0.1, 0.15) is 4.88 Å². The molecule has 0 bridgehead atoms. The lowest BCUT2D eigenvalue weighted by atomic mass is 10.2. The number of benzene rings is 2. The summed E-state index contributed by atoms with van der Waals surface area (Å²) in [7, 11) is 0. The van der Waals surface area contributed by atoms with E-state index in [2.05, 4.69) is 5.32 Å². The topological polar surface area (TPSA) is 74.9 Å². The normalized spacial score (nSPS) is 12.3. The van der Waals surface area contributed by atoms with Crippen molar-refractivity contribution in [2.24, 2.45) is 0 Å². The molecule has 2 aromatic heterocycles. The molecular weight excluding hydrogens is 414 g/mol. The summed E-state index contributed by atoms with van der Waals surface area (Å²) in [5.41, 5.74) is 0.788. The van der Waals surface area contributed by atoms with Gasteiger partial charge in [0.25, 0.3) is 11.5 Å². The van der Waals surface area contributed by atoms with Gasteiger partial charge >= 0.3 is 0 Å². The van der Waals surface area contributed by atoms with Gasteiger partial charge < -0.3 is 5.32 Å². The molecule has 1 amide bonds. The van der Waals surface area contributed by atoms with E-state index in [1.54, 1.807) is 42.5 Å². The summed E-state index contributed by atoms with van der Waals surface area (Å²) in [6, 6.07) is 23.7. The van der Waals surface area contributed by atoms with E-state index in [1.165, 1.54) is 15.9 Å². The lowest BCUT2D eigenvalue weighted by Crippen LogP contribution is -2.32. The molecule has 4 rings (SSSR count). The summed E-state index contributed by atoms with van der Waals surface area (Å²) >= 11 is 2.64. The van der Waals surface area contributed by atoms with Crippen molar-refractivity contribution in [3.05, 3.63) is 103 Å². The van der Waals surface area contributed by atoms with E-state index >= 15 is 0 Å². The van der Waals surface area contributed by atoms with Gasteiger partial charge in [0, 0.05) is 10.6 Å². The van der Waals surface area contributed by atoms with Crippen molar-refractivity contribution in [1.82, 2.24) is 4.57 Å². The van der Waals surface area contributed by atoms with Gasteiger partial charge in [-0.05, 0) is 41.8 Å². The van der Waals surface area contributed by atoms with Gasteiger partial charge in [-0.25, -0.2) is 0 Å². The first-order valence-electron chi connectivity index (χ1n) is 9.00. The number of anilines is 1. The molecule has 146 valence electrons. The number of carbonyl (C=O) groups excluding carboxylic acids is 1. The van der Waals surface area contributed by atoms with Gasteiger partial charge in [-0.3, -0.25) is 14.2 Å².